The zero-order valence-electron chi connectivity index (χ0n) is 13.2. The molecule has 112 valence electrons. The molecule has 2 saturated heterocycles. The topological polar surface area (TPSA) is 24.5 Å². The van der Waals surface area contributed by atoms with E-state index in [1.54, 1.807) is 0 Å². The number of nitrogens with one attached hydrogen (secondary N) is 1. The van der Waals surface area contributed by atoms with Crippen molar-refractivity contribution >= 4 is 0 Å². The van der Waals surface area contributed by atoms with Crippen LogP contribution in [-0.2, 0) is 4.74 Å². The summed E-state index contributed by atoms with van der Waals surface area (Å²) in [5.41, 5.74) is 0.322. The Morgan fingerprint density at radius 2 is 2.05 bits per heavy atom. The van der Waals surface area contributed by atoms with Crippen molar-refractivity contribution in [2.45, 2.75) is 71.0 Å². The molecule has 19 heavy (non-hydrogen) atoms. The minimum atomic E-state index is 0.322. The lowest BCUT2D eigenvalue weighted by Gasteiger charge is -2.52. The second-order valence-corrected chi connectivity index (χ2v) is 6.72. The molecule has 0 aromatic heterocycles. The first-order valence-electron chi connectivity index (χ1n) is 8.20. The van der Waals surface area contributed by atoms with Crippen molar-refractivity contribution in [3.05, 3.63) is 0 Å². The van der Waals surface area contributed by atoms with E-state index in [-0.39, 0.29) is 0 Å². The highest BCUT2D eigenvalue weighted by atomic mass is 16.5. The second-order valence-electron chi connectivity index (χ2n) is 6.72. The third-order valence-corrected chi connectivity index (χ3v) is 5.33. The lowest BCUT2D eigenvalue weighted by Crippen LogP contribution is -2.67. The summed E-state index contributed by atoms with van der Waals surface area (Å²) >= 11 is 0. The lowest BCUT2D eigenvalue weighted by atomic mass is 9.85. The van der Waals surface area contributed by atoms with Gasteiger partial charge in [-0.3, -0.25) is 4.90 Å². The van der Waals surface area contributed by atoms with Gasteiger partial charge in [0.15, 0.2) is 0 Å². The maximum atomic E-state index is 5.74. The SMILES string of the molecule is CCC1(CC)CN(C2CCCOC2)C(C(C)C)CN1. The zero-order chi connectivity index (χ0) is 13.9. The molecule has 0 aliphatic carbocycles. The summed E-state index contributed by atoms with van der Waals surface area (Å²) in [6, 6.07) is 1.30. The molecule has 0 aromatic rings. The molecule has 2 aliphatic heterocycles. The molecule has 0 saturated carbocycles. The first-order valence-corrected chi connectivity index (χ1v) is 8.20. The van der Waals surface area contributed by atoms with Gasteiger partial charge in [0, 0.05) is 37.3 Å². The van der Waals surface area contributed by atoms with Crippen LogP contribution in [0.1, 0.15) is 53.4 Å². The van der Waals surface area contributed by atoms with Gasteiger partial charge in [-0.2, -0.15) is 0 Å². The van der Waals surface area contributed by atoms with Crippen molar-refractivity contribution in [1.29, 1.82) is 0 Å². The van der Waals surface area contributed by atoms with Crippen LogP contribution >= 0.6 is 0 Å². The van der Waals surface area contributed by atoms with Gasteiger partial charge in [0.1, 0.15) is 0 Å². The molecule has 0 spiro atoms. The Labute approximate surface area is 119 Å². The van der Waals surface area contributed by atoms with E-state index in [2.05, 4.69) is 37.9 Å². The first kappa shape index (κ1) is 15.3. The number of nitrogens with zero attached hydrogens (tertiary/aromatic N) is 1. The van der Waals surface area contributed by atoms with Crippen molar-refractivity contribution < 1.29 is 4.74 Å². The summed E-state index contributed by atoms with van der Waals surface area (Å²) < 4.78 is 5.74. The van der Waals surface area contributed by atoms with Crippen molar-refractivity contribution in [3.8, 4) is 0 Å². The molecule has 3 nitrogen and oxygen atoms in total. The van der Waals surface area contributed by atoms with E-state index in [1.807, 2.05) is 0 Å². The predicted molar refractivity (Wildman–Crippen MR) is 80.5 cm³/mol. The Hall–Kier alpha value is -0.120. The van der Waals surface area contributed by atoms with Crippen LogP contribution in [0.25, 0.3) is 0 Å². The highest BCUT2D eigenvalue weighted by Crippen LogP contribution is 2.29. The number of piperazine rings is 1. The van der Waals surface area contributed by atoms with Gasteiger partial charge in [-0.1, -0.05) is 27.7 Å². The fourth-order valence-corrected chi connectivity index (χ4v) is 3.69. The minimum absolute atomic E-state index is 0.322. The Bertz CT molecular complexity index is 270. The van der Waals surface area contributed by atoms with Crippen molar-refractivity contribution in [2.75, 3.05) is 26.3 Å². The normalized spacial score (nSPS) is 32.7. The van der Waals surface area contributed by atoms with Crippen LogP contribution in [0.3, 0.4) is 0 Å². The monoisotopic (exact) mass is 268 g/mol. The molecular weight excluding hydrogens is 236 g/mol. The first-order chi connectivity index (χ1) is 9.12. The summed E-state index contributed by atoms with van der Waals surface area (Å²) in [6.07, 6.45) is 4.98. The standard InChI is InChI=1S/C16H32N2O/c1-5-16(6-2)12-18(14-8-7-9-19-11-14)15(10-17-16)13(3)4/h13-15,17H,5-12H2,1-4H3. The van der Waals surface area contributed by atoms with Crippen molar-refractivity contribution in [3.63, 3.8) is 0 Å². The lowest BCUT2D eigenvalue weighted by molar-refractivity contribution is -0.0426. The smallest absolute Gasteiger partial charge is 0.0621 e. The van der Waals surface area contributed by atoms with E-state index in [9.17, 15) is 0 Å². The van der Waals surface area contributed by atoms with Gasteiger partial charge in [-0.15, -0.1) is 0 Å². The van der Waals surface area contributed by atoms with Crippen LogP contribution in [-0.4, -0.2) is 48.8 Å². The van der Waals surface area contributed by atoms with E-state index in [4.69, 9.17) is 4.74 Å². The van der Waals surface area contributed by atoms with Crippen molar-refractivity contribution in [1.82, 2.24) is 10.2 Å². The van der Waals surface area contributed by atoms with E-state index >= 15 is 0 Å². The molecule has 2 unspecified atom stereocenters. The Morgan fingerprint density at radius 1 is 1.32 bits per heavy atom. The quantitative estimate of drug-likeness (QED) is 0.848. The molecule has 2 heterocycles. The van der Waals surface area contributed by atoms with E-state index < -0.39 is 0 Å². The van der Waals surface area contributed by atoms with Crippen LogP contribution in [0.15, 0.2) is 0 Å². The van der Waals surface area contributed by atoms with Crippen molar-refractivity contribution in [2.24, 2.45) is 5.92 Å². The molecule has 2 aliphatic rings. The average molecular weight is 268 g/mol. The van der Waals surface area contributed by atoms with Gasteiger partial charge in [0.05, 0.1) is 6.61 Å². The van der Waals surface area contributed by atoms with Gasteiger partial charge in [0.2, 0.25) is 0 Å². The van der Waals surface area contributed by atoms with Gasteiger partial charge in [-0.25, -0.2) is 0 Å². The van der Waals surface area contributed by atoms with Crippen LogP contribution in [0.5, 0.6) is 0 Å². The number of ether oxygens (including phenoxy) is 1. The summed E-state index contributed by atoms with van der Waals surface area (Å²) in [6.45, 7) is 13.6. The maximum Gasteiger partial charge on any atom is 0.0621 e. The summed E-state index contributed by atoms with van der Waals surface area (Å²) in [5, 5.41) is 3.85. The largest absolute Gasteiger partial charge is 0.380 e. The predicted octanol–water partition coefficient (Wildman–Crippen LogP) is 2.65. The van der Waals surface area contributed by atoms with Crippen LogP contribution in [0.2, 0.25) is 0 Å². The van der Waals surface area contributed by atoms with Gasteiger partial charge >= 0.3 is 0 Å². The molecule has 0 amide bonds. The Morgan fingerprint density at radius 3 is 2.58 bits per heavy atom. The molecule has 3 heteroatoms. The molecule has 2 atom stereocenters. The van der Waals surface area contributed by atoms with Crippen LogP contribution in [0, 0.1) is 5.92 Å². The van der Waals surface area contributed by atoms with E-state index in [0.717, 1.165) is 19.8 Å². The number of hydrogen-bond acceptors (Lipinski definition) is 3. The van der Waals surface area contributed by atoms with E-state index in [1.165, 1.54) is 32.2 Å². The fourth-order valence-electron chi connectivity index (χ4n) is 3.69. The average Bonchev–Trinajstić information content (AvgIpc) is 2.47. The molecule has 2 fully saturated rings. The zero-order valence-corrected chi connectivity index (χ0v) is 13.2. The maximum absolute atomic E-state index is 5.74. The summed E-state index contributed by atoms with van der Waals surface area (Å²) in [7, 11) is 0. The molecule has 0 aromatic carbocycles. The number of hydrogen-bond donors (Lipinski definition) is 1. The molecule has 0 radical (unpaired) electrons. The molecule has 1 N–H and O–H groups in total. The van der Waals surface area contributed by atoms with Crippen LogP contribution < -0.4 is 5.32 Å². The fraction of sp³-hybridized carbons (Fsp3) is 1.00. The van der Waals surface area contributed by atoms with Gasteiger partial charge in [-0.05, 0) is 31.6 Å². The Balaban J connectivity index is 2.11. The number of rotatable bonds is 4. The third-order valence-electron chi connectivity index (χ3n) is 5.33. The highest BCUT2D eigenvalue weighted by molar-refractivity contribution is 4.99. The van der Waals surface area contributed by atoms with E-state index in [0.29, 0.717) is 23.5 Å². The molecular formula is C16H32N2O. The minimum Gasteiger partial charge on any atom is -0.380 e. The third kappa shape index (κ3) is 3.32. The molecule has 2 rings (SSSR count). The summed E-state index contributed by atoms with van der Waals surface area (Å²) in [4.78, 5) is 2.77. The Kier molecular flexibility index (Phi) is 5.27. The second kappa shape index (κ2) is 6.55. The van der Waals surface area contributed by atoms with Gasteiger partial charge in [0.25, 0.3) is 0 Å². The highest BCUT2D eigenvalue weighted by Gasteiger charge is 2.40. The van der Waals surface area contributed by atoms with Gasteiger partial charge < -0.3 is 10.1 Å². The summed E-state index contributed by atoms with van der Waals surface area (Å²) in [5.74, 6) is 0.709. The van der Waals surface area contributed by atoms with Crippen LogP contribution in [0.4, 0.5) is 0 Å². The molecule has 0 bridgehead atoms.